The van der Waals surface area contributed by atoms with Gasteiger partial charge in [-0.3, -0.25) is 0 Å². The summed E-state index contributed by atoms with van der Waals surface area (Å²) in [5.41, 5.74) is 7.43. The molecule has 90 valence electrons. The average molecular weight is 263 g/mol. The second-order valence-electron chi connectivity index (χ2n) is 4.18. The van der Waals surface area contributed by atoms with Crippen molar-refractivity contribution in [2.45, 2.75) is 30.0 Å². The van der Waals surface area contributed by atoms with Crippen LogP contribution in [0.3, 0.4) is 0 Å². The minimum Gasteiger partial charge on any atom is -0.327 e. The molecular weight excluding hydrogens is 246 g/mol. The first-order valence-electron chi connectivity index (χ1n) is 5.70. The third-order valence-corrected chi connectivity index (χ3v) is 5.40. The maximum atomic E-state index is 6.11. The number of hydrogen-bond donors (Lipinski definition) is 1. The first kappa shape index (κ1) is 12.7. The molecule has 0 bridgehead atoms. The normalized spacial score (nSPS) is 14.5. The molecule has 17 heavy (non-hydrogen) atoms. The Balaban J connectivity index is 2.23. The summed E-state index contributed by atoms with van der Waals surface area (Å²) in [5.74, 6) is 0. The molecule has 2 N–H and O–H groups in total. The first-order chi connectivity index (χ1) is 8.18. The van der Waals surface area contributed by atoms with Gasteiger partial charge < -0.3 is 5.73 Å². The van der Waals surface area contributed by atoms with Crippen molar-refractivity contribution >= 4 is 23.1 Å². The minimum absolute atomic E-state index is 0.151. The van der Waals surface area contributed by atoms with Gasteiger partial charge in [-0.15, -0.1) is 23.1 Å². The van der Waals surface area contributed by atoms with Crippen molar-refractivity contribution in [3.63, 3.8) is 0 Å². The van der Waals surface area contributed by atoms with Crippen LogP contribution in [0.15, 0.2) is 46.7 Å². The lowest BCUT2D eigenvalue weighted by Crippen LogP contribution is -2.21. The zero-order valence-corrected chi connectivity index (χ0v) is 11.7. The summed E-state index contributed by atoms with van der Waals surface area (Å²) in [4.78, 5) is 2.68. The minimum atomic E-state index is 0.151. The van der Waals surface area contributed by atoms with Crippen molar-refractivity contribution in [3.8, 4) is 0 Å². The molecule has 2 unspecified atom stereocenters. The summed E-state index contributed by atoms with van der Waals surface area (Å²) in [5, 5.41) is 2.46. The number of benzene rings is 1. The first-order valence-corrected chi connectivity index (χ1v) is 7.45. The maximum Gasteiger partial charge on any atom is 0.0586 e. The smallest absolute Gasteiger partial charge is 0.0586 e. The molecule has 1 aromatic heterocycles. The largest absolute Gasteiger partial charge is 0.327 e. The van der Waals surface area contributed by atoms with Gasteiger partial charge in [-0.05, 0) is 36.9 Å². The lowest BCUT2D eigenvalue weighted by molar-refractivity contribution is 0.730. The molecule has 2 aromatic rings. The molecule has 1 heterocycles. The Kier molecular flexibility index (Phi) is 4.26. The van der Waals surface area contributed by atoms with E-state index in [2.05, 4.69) is 55.6 Å². The molecular formula is C14H17NS2. The van der Waals surface area contributed by atoms with Gasteiger partial charge in [0.25, 0.3) is 0 Å². The van der Waals surface area contributed by atoms with Gasteiger partial charge in [-0.2, -0.15) is 0 Å². The molecule has 0 spiro atoms. The van der Waals surface area contributed by atoms with Crippen LogP contribution >= 0.6 is 23.1 Å². The van der Waals surface area contributed by atoms with E-state index in [4.69, 9.17) is 5.73 Å². The van der Waals surface area contributed by atoms with Crippen LogP contribution < -0.4 is 5.73 Å². The van der Waals surface area contributed by atoms with Crippen molar-refractivity contribution in [1.82, 2.24) is 0 Å². The van der Waals surface area contributed by atoms with E-state index >= 15 is 0 Å². The molecule has 0 fully saturated rings. The highest BCUT2D eigenvalue weighted by molar-refractivity contribution is 7.99. The van der Waals surface area contributed by atoms with E-state index < -0.39 is 0 Å². The highest BCUT2D eigenvalue weighted by atomic mass is 32.2. The number of aryl methyl sites for hydroxylation is 1. The zero-order valence-electron chi connectivity index (χ0n) is 10.1. The van der Waals surface area contributed by atoms with Crippen LogP contribution in [0.25, 0.3) is 0 Å². The molecule has 0 aliphatic heterocycles. The lowest BCUT2D eigenvalue weighted by atomic mass is 10.2. The Morgan fingerprint density at radius 1 is 1.18 bits per heavy atom. The second kappa shape index (κ2) is 5.71. The van der Waals surface area contributed by atoms with E-state index in [9.17, 15) is 0 Å². The molecule has 2 atom stereocenters. The Labute approximate surface area is 111 Å². The van der Waals surface area contributed by atoms with Gasteiger partial charge in [0.15, 0.2) is 0 Å². The Hall–Kier alpha value is -0.770. The summed E-state index contributed by atoms with van der Waals surface area (Å²) in [6.45, 7) is 4.23. The highest BCUT2D eigenvalue weighted by Gasteiger charge is 2.19. The van der Waals surface area contributed by atoms with Crippen LogP contribution in [0.4, 0.5) is 0 Å². The van der Waals surface area contributed by atoms with Crippen molar-refractivity contribution in [3.05, 3.63) is 52.2 Å². The van der Waals surface area contributed by atoms with E-state index in [1.165, 1.54) is 15.3 Å². The lowest BCUT2D eigenvalue weighted by Gasteiger charge is -2.20. The predicted octanol–water partition coefficient (Wildman–Crippen LogP) is 4.24. The number of nitrogens with two attached hydrogens (primary N) is 1. The zero-order chi connectivity index (χ0) is 12.3. The standard InChI is InChI=1S/C14H17NS2/c1-10-6-3-4-7-12(10)17-14(11(2)15)13-8-5-9-16-13/h3-9,11,14H,15H2,1-2H3. The third-order valence-electron chi connectivity index (χ3n) is 2.65. The van der Waals surface area contributed by atoms with Gasteiger partial charge >= 0.3 is 0 Å². The summed E-state index contributed by atoms with van der Waals surface area (Å²) < 4.78 is 0. The van der Waals surface area contributed by atoms with E-state index in [0.717, 1.165) is 0 Å². The monoisotopic (exact) mass is 263 g/mol. The topological polar surface area (TPSA) is 26.0 Å². The molecule has 1 aromatic carbocycles. The van der Waals surface area contributed by atoms with Crippen LogP contribution in [0.1, 0.15) is 22.6 Å². The van der Waals surface area contributed by atoms with Gasteiger partial charge in [0.1, 0.15) is 0 Å². The van der Waals surface area contributed by atoms with Gasteiger partial charge in [0, 0.05) is 15.8 Å². The molecule has 0 saturated heterocycles. The number of rotatable bonds is 4. The van der Waals surface area contributed by atoms with E-state index in [-0.39, 0.29) is 6.04 Å². The van der Waals surface area contributed by atoms with Gasteiger partial charge in [-0.1, -0.05) is 24.3 Å². The average Bonchev–Trinajstić information content (AvgIpc) is 2.81. The van der Waals surface area contributed by atoms with E-state index in [0.29, 0.717) is 5.25 Å². The van der Waals surface area contributed by atoms with Gasteiger partial charge in [0.2, 0.25) is 0 Å². The molecule has 1 nitrogen and oxygen atoms in total. The van der Waals surface area contributed by atoms with Crippen LogP contribution in [0.2, 0.25) is 0 Å². The fourth-order valence-electron chi connectivity index (χ4n) is 1.70. The quantitative estimate of drug-likeness (QED) is 0.835. The van der Waals surface area contributed by atoms with E-state index in [1.807, 2.05) is 11.8 Å². The summed E-state index contributed by atoms with van der Waals surface area (Å²) in [6, 6.07) is 12.9. The number of hydrogen-bond acceptors (Lipinski definition) is 3. The maximum absolute atomic E-state index is 6.11. The molecule has 0 amide bonds. The number of thiophene rings is 1. The Bertz CT molecular complexity index is 463. The van der Waals surface area contributed by atoms with Crippen LogP contribution in [0.5, 0.6) is 0 Å². The van der Waals surface area contributed by atoms with Gasteiger partial charge in [-0.25, -0.2) is 0 Å². The predicted molar refractivity (Wildman–Crippen MR) is 77.7 cm³/mol. The molecule has 2 rings (SSSR count). The van der Waals surface area contributed by atoms with Crippen LogP contribution in [-0.2, 0) is 0 Å². The van der Waals surface area contributed by atoms with Crippen LogP contribution in [0, 0.1) is 6.92 Å². The Morgan fingerprint density at radius 3 is 2.53 bits per heavy atom. The molecule has 0 aliphatic rings. The van der Waals surface area contributed by atoms with Gasteiger partial charge in [0.05, 0.1) is 5.25 Å². The van der Waals surface area contributed by atoms with Crippen molar-refractivity contribution in [2.24, 2.45) is 5.73 Å². The third kappa shape index (κ3) is 3.12. The molecule has 0 saturated carbocycles. The summed E-state index contributed by atoms with van der Waals surface area (Å²) in [6.07, 6.45) is 0. The number of thioether (sulfide) groups is 1. The highest BCUT2D eigenvalue weighted by Crippen LogP contribution is 2.40. The SMILES string of the molecule is Cc1ccccc1SC(c1cccs1)C(C)N. The summed E-state index contributed by atoms with van der Waals surface area (Å²) in [7, 11) is 0. The van der Waals surface area contributed by atoms with E-state index in [1.54, 1.807) is 11.3 Å². The van der Waals surface area contributed by atoms with Crippen molar-refractivity contribution in [1.29, 1.82) is 0 Å². The fourth-order valence-corrected chi connectivity index (χ4v) is 3.93. The molecule has 0 aliphatic carbocycles. The molecule has 3 heteroatoms. The molecule has 0 radical (unpaired) electrons. The fraction of sp³-hybridized carbons (Fsp3) is 0.286. The summed E-state index contributed by atoms with van der Waals surface area (Å²) >= 11 is 3.65. The van der Waals surface area contributed by atoms with Crippen molar-refractivity contribution < 1.29 is 0 Å². The van der Waals surface area contributed by atoms with Crippen LogP contribution in [-0.4, -0.2) is 6.04 Å². The Morgan fingerprint density at radius 2 is 1.94 bits per heavy atom. The second-order valence-corrected chi connectivity index (χ2v) is 6.34. The van der Waals surface area contributed by atoms with Crippen molar-refractivity contribution in [2.75, 3.05) is 0 Å².